The van der Waals surface area contributed by atoms with Gasteiger partial charge in [0.15, 0.2) is 0 Å². The first-order valence-corrected chi connectivity index (χ1v) is 11.0. The molecule has 4 saturated carbocycles. The van der Waals surface area contributed by atoms with Crippen molar-refractivity contribution in [3.8, 4) is 0 Å². The maximum absolute atomic E-state index is 13.3. The quantitative estimate of drug-likeness (QED) is 0.783. The first-order valence-electron chi connectivity index (χ1n) is 11.0. The summed E-state index contributed by atoms with van der Waals surface area (Å²) >= 11 is 0. The molecule has 5 nitrogen and oxygen atoms in total. The SMILES string of the molecule is O=C(N[C@H]1CCCN(c2ccc(C(F)(F)F)cn2)C1)C12CC3CC(C1)C(O)C(C3)C2. The van der Waals surface area contributed by atoms with Gasteiger partial charge in [0.2, 0.25) is 5.91 Å². The van der Waals surface area contributed by atoms with Crippen molar-refractivity contribution in [2.24, 2.45) is 23.2 Å². The van der Waals surface area contributed by atoms with Crippen LogP contribution in [0.1, 0.15) is 50.5 Å². The molecule has 1 aliphatic heterocycles. The van der Waals surface area contributed by atoms with Gasteiger partial charge in [-0.2, -0.15) is 13.2 Å². The highest BCUT2D eigenvalue weighted by atomic mass is 19.4. The minimum absolute atomic E-state index is 0.0340. The van der Waals surface area contributed by atoms with Crippen LogP contribution in [0.5, 0.6) is 0 Å². The van der Waals surface area contributed by atoms with Crippen LogP contribution < -0.4 is 10.2 Å². The number of carbonyl (C=O) groups is 1. The number of pyridine rings is 1. The zero-order valence-corrected chi connectivity index (χ0v) is 16.9. The van der Waals surface area contributed by atoms with E-state index >= 15 is 0 Å². The van der Waals surface area contributed by atoms with Gasteiger partial charge in [-0.25, -0.2) is 4.98 Å². The number of carbonyl (C=O) groups excluding carboxylic acids is 1. The normalized spacial score (nSPS) is 38.0. The smallest absolute Gasteiger partial charge is 0.393 e. The zero-order chi connectivity index (χ0) is 21.1. The Morgan fingerprint density at radius 1 is 1.20 bits per heavy atom. The Bertz CT molecular complexity index is 797. The lowest BCUT2D eigenvalue weighted by Gasteiger charge is -2.58. The van der Waals surface area contributed by atoms with Gasteiger partial charge < -0.3 is 15.3 Å². The maximum atomic E-state index is 13.3. The van der Waals surface area contributed by atoms with Gasteiger partial charge in [0.1, 0.15) is 5.82 Å². The number of anilines is 1. The average Bonchev–Trinajstić information content (AvgIpc) is 2.71. The Morgan fingerprint density at radius 3 is 2.57 bits per heavy atom. The predicted octanol–water partition coefficient (Wildman–Crippen LogP) is 3.37. The second kappa shape index (κ2) is 7.11. The summed E-state index contributed by atoms with van der Waals surface area (Å²) in [5.41, 5.74) is -1.10. The highest BCUT2D eigenvalue weighted by Gasteiger charge is 2.58. The van der Waals surface area contributed by atoms with E-state index in [4.69, 9.17) is 0 Å². The van der Waals surface area contributed by atoms with Gasteiger partial charge in [-0.1, -0.05) is 0 Å². The minimum Gasteiger partial charge on any atom is -0.393 e. The van der Waals surface area contributed by atoms with Crippen molar-refractivity contribution < 1.29 is 23.1 Å². The van der Waals surface area contributed by atoms with Crippen molar-refractivity contribution in [2.75, 3.05) is 18.0 Å². The molecule has 2 heterocycles. The molecule has 0 aromatic carbocycles. The largest absolute Gasteiger partial charge is 0.417 e. The number of hydrogen-bond acceptors (Lipinski definition) is 4. The molecule has 30 heavy (non-hydrogen) atoms. The van der Waals surface area contributed by atoms with E-state index < -0.39 is 11.7 Å². The molecular weight excluding hydrogens is 395 g/mol. The second-order valence-corrected chi connectivity index (χ2v) is 9.90. The third-order valence-electron chi connectivity index (χ3n) is 7.86. The molecule has 1 aromatic rings. The van der Waals surface area contributed by atoms with Gasteiger partial charge in [-0.3, -0.25) is 4.79 Å². The monoisotopic (exact) mass is 423 g/mol. The number of nitrogens with zero attached hydrogens (tertiary/aromatic N) is 2. The van der Waals surface area contributed by atoms with E-state index in [1.165, 1.54) is 6.07 Å². The molecule has 1 saturated heterocycles. The van der Waals surface area contributed by atoms with Crippen molar-refractivity contribution >= 4 is 11.7 Å². The third-order valence-corrected chi connectivity index (χ3v) is 7.86. The molecule has 164 valence electrons. The molecule has 1 aromatic heterocycles. The standard InChI is InChI=1S/C22H28F3N3O2/c23-22(24,25)16-3-4-18(26-11-16)28-5-1-2-17(12-28)27-20(30)21-8-13-6-14(9-21)19(29)15(7-13)10-21/h3-4,11,13-15,17,19,29H,1-2,5-10,12H2,(H,27,30)/t13?,14?,15?,17-,19?,21?/m0/s1. The van der Waals surface area contributed by atoms with E-state index in [0.29, 0.717) is 24.8 Å². The van der Waals surface area contributed by atoms with Crippen molar-refractivity contribution in [1.29, 1.82) is 0 Å². The first kappa shape index (κ1) is 20.1. The summed E-state index contributed by atoms with van der Waals surface area (Å²) < 4.78 is 38.4. The molecule has 6 rings (SSSR count). The number of aliphatic hydroxyl groups is 1. The molecule has 8 heteroatoms. The first-order chi connectivity index (χ1) is 14.2. The molecule has 4 aliphatic carbocycles. The van der Waals surface area contributed by atoms with Gasteiger partial charge >= 0.3 is 6.18 Å². The van der Waals surface area contributed by atoms with Crippen LogP contribution in [0.15, 0.2) is 18.3 Å². The van der Waals surface area contributed by atoms with Gasteiger partial charge in [-0.05, 0) is 74.8 Å². The maximum Gasteiger partial charge on any atom is 0.417 e. The van der Waals surface area contributed by atoms with Crippen LogP contribution in [0, 0.1) is 23.2 Å². The van der Waals surface area contributed by atoms with E-state index in [0.717, 1.165) is 57.2 Å². The highest BCUT2D eigenvalue weighted by Crippen LogP contribution is 2.60. The molecular formula is C22H28F3N3O2. The fraction of sp³-hybridized carbons (Fsp3) is 0.727. The Balaban J connectivity index is 1.24. The second-order valence-electron chi connectivity index (χ2n) is 9.90. The predicted molar refractivity (Wildman–Crippen MR) is 105 cm³/mol. The number of alkyl halides is 3. The Morgan fingerprint density at radius 2 is 1.93 bits per heavy atom. The fourth-order valence-electron chi connectivity index (χ4n) is 6.66. The van der Waals surface area contributed by atoms with Gasteiger partial charge in [-0.15, -0.1) is 0 Å². The number of aliphatic hydroxyl groups excluding tert-OH is 1. The topological polar surface area (TPSA) is 65.5 Å². The van der Waals surface area contributed by atoms with Crippen molar-refractivity contribution in [3.63, 3.8) is 0 Å². The van der Waals surface area contributed by atoms with Crippen molar-refractivity contribution in [2.45, 2.75) is 63.3 Å². The van der Waals surface area contributed by atoms with E-state index in [2.05, 4.69) is 10.3 Å². The molecule has 2 N–H and O–H groups in total. The lowest BCUT2D eigenvalue weighted by Crippen LogP contribution is -2.60. The summed E-state index contributed by atoms with van der Waals surface area (Å²) in [6.45, 7) is 1.27. The van der Waals surface area contributed by atoms with E-state index in [-0.39, 0.29) is 35.3 Å². The van der Waals surface area contributed by atoms with E-state index in [9.17, 15) is 23.1 Å². The molecule has 3 atom stereocenters. The zero-order valence-electron chi connectivity index (χ0n) is 16.9. The number of nitrogens with one attached hydrogen (secondary N) is 1. The molecule has 0 spiro atoms. The minimum atomic E-state index is -4.39. The molecule has 5 aliphatic rings. The van der Waals surface area contributed by atoms with E-state index in [1.807, 2.05) is 4.90 Å². The number of halogens is 3. The Kier molecular flexibility index (Phi) is 4.76. The third kappa shape index (κ3) is 3.47. The summed E-state index contributed by atoms with van der Waals surface area (Å²) in [4.78, 5) is 19.3. The Labute approximate surface area is 174 Å². The van der Waals surface area contributed by atoms with Gasteiger partial charge in [0.25, 0.3) is 0 Å². The van der Waals surface area contributed by atoms with Crippen molar-refractivity contribution in [3.05, 3.63) is 23.9 Å². The summed E-state index contributed by atoms with van der Waals surface area (Å²) in [5, 5.41) is 13.7. The van der Waals surface area contributed by atoms with Crippen LogP contribution in [0.3, 0.4) is 0 Å². The number of hydrogen-bond donors (Lipinski definition) is 2. The highest BCUT2D eigenvalue weighted by molar-refractivity contribution is 5.83. The number of aromatic nitrogens is 1. The number of amides is 1. The molecule has 1 amide bonds. The van der Waals surface area contributed by atoms with Crippen LogP contribution in [0.25, 0.3) is 0 Å². The fourth-order valence-corrected chi connectivity index (χ4v) is 6.66. The molecule has 2 unspecified atom stereocenters. The van der Waals surface area contributed by atoms with Gasteiger partial charge in [0.05, 0.1) is 17.1 Å². The number of rotatable bonds is 3. The van der Waals surface area contributed by atoms with Crippen LogP contribution >= 0.6 is 0 Å². The van der Waals surface area contributed by atoms with Crippen LogP contribution in [-0.4, -0.2) is 41.2 Å². The molecule has 5 fully saturated rings. The lowest BCUT2D eigenvalue weighted by atomic mass is 9.48. The van der Waals surface area contributed by atoms with Crippen LogP contribution in [-0.2, 0) is 11.0 Å². The van der Waals surface area contributed by atoms with Crippen LogP contribution in [0.4, 0.5) is 19.0 Å². The lowest BCUT2D eigenvalue weighted by molar-refractivity contribution is -0.163. The average molecular weight is 423 g/mol. The summed E-state index contributed by atoms with van der Waals surface area (Å²) in [6.07, 6.45) is 2.52. The summed E-state index contributed by atoms with van der Waals surface area (Å²) in [5.74, 6) is 1.68. The van der Waals surface area contributed by atoms with Gasteiger partial charge in [0, 0.05) is 25.3 Å². The molecule has 0 radical (unpaired) electrons. The number of piperidine rings is 1. The van der Waals surface area contributed by atoms with E-state index in [1.54, 1.807) is 0 Å². The summed E-state index contributed by atoms with van der Waals surface area (Å²) in [6, 6.07) is 2.44. The summed E-state index contributed by atoms with van der Waals surface area (Å²) in [7, 11) is 0. The molecule has 4 bridgehead atoms. The Hall–Kier alpha value is -1.83. The van der Waals surface area contributed by atoms with Crippen molar-refractivity contribution in [1.82, 2.24) is 10.3 Å². The van der Waals surface area contributed by atoms with Crippen LogP contribution in [0.2, 0.25) is 0 Å².